The summed E-state index contributed by atoms with van der Waals surface area (Å²) in [4.78, 5) is 12.5. The van der Waals surface area contributed by atoms with E-state index in [9.17, 15) is 4.79 Å². The first-order chi connectivity index (χ1) is 22.8. The minimum Gasteiger partial charge on any atom is -0.489 e. The zero-order chi connectivity index (χ0) is 33.4. The van der Waals surface area contributed by atoms with Crippen LogP contribution in [-0.4, -0.2) is 37.3 Å². The maximum atomic E-state index is 12.5. The lowest BCUT2D eigenvalue weighted by molar-refractivity contribution is -0.143. The number of nitrogen functional groups attached to an aromatic ring is 2. The van der Waals surface area contributed by atoms with Gasteiger partial charge in [-0.1, -0.05) is 55.0 Å². The molecule has 0 aliphatic heterocycles. The second kappa shape index (κ2) is 18.1. The lowest BCUT2D eigenvalue weighted by atomic mass is 10.1. The van der Waals surface area contributed by atoms with Gasteiger partial charge in [0.1, 0.15) is 42.4 Å². The lowest BCUT2D eigenvalue weighted by Gasteiger charge is -2.17. The van der Waals surface area contributed by atoms with Crippen molar-refractivity contribution in [3.05, 3.63) is 130 Å². The molecular weight excluding hydrogens is 592 g/mol. The first kappa shape index (κ1) is 34.7. The minimum absolute atomic E-state index is 0.0236. The van der Waals surface area contributed by atoms with Crippen molar-refractivity contribution in [3.63, 3.8) is 0 Å². The highest BCUT2D eigenvalue weighted by Crippen LogP contribution is 2.17. The number of nitrogens with two attached hydrogens (primary N) is 2. The van der Waals surface area contributed by atoms with E-state index in [0.717, 1.165) is 48.4 Å². The van der Waals surface area contributed by atoms with E-state index >= 15 is 0 Å². The Morgan fingerprint density at radius 2 is 1.19 bits per heavy atom. The van der Waals surface area contributed by atoms with Crippen molar-refractivity contribution in [3.8, 4) is 11.5 Å². The van der Waals surface area contributed by atoms with Crippen LogP contribution < -0.4 is 31.6 Å². The third-order valence-electron chi connectivity index (χ3n) is 7.59. The van der Waals surface area contributed by atoms with E-state index in [0.29, 0.717) is 43.1 Å². The van der Waals surface area contributed by atoms with Gasteiger partial charge in [-0.05, 0) is 90.2 Å². The average Bonchev–Trinajstić information content (AvgIpc) is 3.09. The van der Waals surface area contributed by atoms with Crippen LogP contribution in [0.25, 0.3) is 0 Å². The van der Waals surface area contributed by atoms with Gasteiger partial charge in [-0.15, -0.1) is 0 Å². The van der Waals surface area contributed by atoms with Crippen LogP contribution in [-0.2, 0) is 35.8 Å². The van der Waals surface area contributed by atoms with E-state index in [4.69, 9.17) is 36.5 Å². The van der Waals surface area contributed by atoms with Crippen molar-refractivity contribution < 1.29 is 19.0 Å². The van der Waals surface area contributed by atoms with Crippen molar-refractivity contribution in [2.75, 3.05) is 13.7 Å². The van der Waals surface area contributed by atoms with Gasteiger partial charge in [0.2, 0.25) is 0 Å². The molecule has 0 fully saturated rings. The summed E-state index contributed by atoms with van der Waals surface area (Å²) in [5, 5.41) is 21.9. The first-order valence-electron chi connectivity index (χ1n) is 15.6. The monoisotopic (exact) mass is 636 g/mol. The molecule has 0 saturated carbocycles. The van der Waals surface area contributed by atoms with Gasteiger partial charge in [-0.3, -0.25) is 15.6 Å². The predicted molar refractivity (Wildman–Crippen MR) is 185 cm³/mol. The maximum Gasteiger partial charge on any atom is 0.322 e. The van der Waals surface area contributed by atoms with Crippen LogP contribution in [0.3, 0.4) is 0 Å². The molecule has 0 aliphatic carbocycles. The van der Waals surface area contributed by atoms with E-state index in [1.165, 1.54) is 12.7 Å². The highest BCUT2D eigenvalue weighted by Gasteiger charge is 2.18. The normalized spacial score (nSPS) is 11.4. The number of hydrogen-bond acceptors (Lipinski definition) is 8. The van der Waals surface area contributed by atoms with Crippen LogP contribution in [0, 0.1) is 10.8 Å². The fraction of sp³-hybridized carbons (Fsp3) is 0.270. The summed E-state index contributed by atoms with van der Waals surface area (Å²) < 4.78 is 16.8. The molecule has 0 bridgehead atoms. The fourth-order valence-corrected chi connectivity index (χ4v) is 4.97. The average molecular weight is 637 g/mol. The van der Waals surface area contributed by atoms with Crippen LogP contribution in [0.2, 0.25) is 0 Å². The number of carbonyl (C=O) groups is 1. The van der Waals surface area contributed by atoms with E-state index in [1.54, 1.807) is 36.4 Å². The number of rotatable bonds is 19. The summed E-state index contributed by atoms with van der Waals surface area (Å²) in [6.45, 7) is 2.95. The van der Waals surface area contributed by atoms with Crippen LogP contribution >= 0.6 is 0 Å². The molecule has 10 heteroatoms. The largest absolute Gasteiger partial charge is 0.489 e. The third-order valence-corrected chi connectivity index (χ3v) is 7.59. The van der Waals surface area contributed by atoms with Crippen LogP contribution in [0.4, 0.5) is 0 Å². The summed E-state index contributed by atoms with van der Waals surface area (Å²) in [6.07, 6.45) is 2.47. The molecule has 47 heavy (non-hydrogen) atoms. The maximum absolute atomic E-state index is 12.5. The molecule has 0 radical (unpaired) electrons. The van der Waals surface area contributed by atoms with Gasteiger partial charge < -0.3 is 36.3 Å². The van der Waals surface area contributed by atoms with Crippen molar-refractivity contribution in [1.82, 2.24) is 10.6 Å². The fourth-order valence-electron chi connectivity index (χ4n) is 4.97. The summed E-state index contributed by atoms with van der Waals surface area (Å²) in [5.74, 6) is 1.23. The number of nitrogens with one attached hydrogen (secondary N) is 4. The lowest BCUT2D eigenvalue weighted by Crippen LogP contribution is -2.37. The van der Waals surface area contributed by atoms with Crippen LogP contribution in [0.1, 0.15) is 52.6 Å². The third kappa shape index (κ3) is 11.6. The van der Waals surface area contributed by atoms with Crippen molar-refractivity contribution in [2.24, 2.45) is 11.5 Å². The summed E-state index contributed by atoms with van der Waals surface area (Å²) in [7, 11) is 1.42. The molecule has 0 spiro atoms. The van der Waals surface area contributed by atoms with Crippen molar-refractivity contribution in [1.29, 1.82) is 10.8 Å². The second-order valence-corrected chi connectivity index (χ2v) is 11.2. The Morgan fingerprint density at radius 1 is 0.702 bits per heavy atom. The minimum atomic E-state index is -0.393. The number of hydrogen-bond donors (Lipinski definition) is 6. The molecule has 0 saturated heterocycles. The number of esters is 1. The van der Waals surface area contributed by atoms with Gasteiger partial charge in [0, 0.05) is 24.2 Å². The zero-order valence-corrected chi connectivity index (χ0v) is 26.8. The van der Waals surface area contributed by atoms with Gasteiger partial charge in [-0.2, -0.15) is 0 Å². The number of benzene rings is 4. The molecule has 1 unspecified atom stereocenters. The van der Waals surface area contributed by atoms with Gasteiger partial charge in [-0.25, -0.2) is 0 Å². The predicted octanol–water partition coefficient (Wildman–Crippen LogP) is 5.00. The van der Waals surface area contributed by atoms with E-state index in [2.05, 4.69) is 28.8 Å². The van der Waals surface area contributed by atoms with Crippen molar-refractivity contribution in [2.45, 2.75) is 51.6 Å². The highest BCUT2D eigenvalue weighted by molar-refractivity contribution is 5.95. The number of carbonyl (C=O) groups excluding carboxylic acids is 1. The zero-order valence-electron chi connectivity index (χ0n) is 26.8. The molecule has 4 aromatic carbocycles. The molecule has 0 aliphatic rings. The van der Waals surface area contributed by atoms with Crippen LogP contribution in [0.5, 0.6) is 11.5 Å². The Hall–Kier alpha value is -5.19. The molecule has 1 atom stereocenters. The Labute approximate surface area is 276 Å². The molecule has 4 rings (SSSR count). The van der Waals surface area contributed by atoms with Crippen LogP contribution in [0.15, 0.2) is 97.1 Å². The topological polar surface area (TPSA) is 169 Å². The molecule has 8 N–H and O–H groups in total. The molecule has 0 heterocycles. The molecular formula is C37H44N6O4. The number of ether oxygens (including phenoxy) is 3. The summed E-state index contributed by atoms with van der Waals surface area (Å²) in [5.41, 5.74) is 16.7. The smallest absolute Gasteiger partial charge is 0.322 e. The highest BCUT2D eigenvalue weighted by atomic mass is 16.5. The number of unbranched alkanes of at least 4 members (excludes halogenated alkanes) is 1. The van der Waals surface area contributed by atoms with E-state index in [1.807, 2.05) is 42.5 Å². The summed E-state index contributed by atoms with van der Waals surface area (Å²) >= 11 is 0. The first-order valence-corrected chi connectivity index (χ1v) is 15.6. The number of amidine groups is 2. The Kier molecular flexibility index (Phi) is 13.3. The molecule has 4 aromatic rings. The quantitative estimate of drug-likeness (QED) is 0.0362. The number of methoxy groups -OCH3 is 1. The SMILES string of the molecule is COC(=O)C(CCCCNCc1cccc(COc2ccc(C(=N)N)cc2)c1)NCc1cccc(COc2ccc(C(=N)N)cc2)c1. The molecule has 0 aromatic heterocycles. The van der Waals surface area contributed by atoms with Gasteiger partial charge in [0.15, 0.2) is 0 Å². The standard InChI is InChI=1S/C37H44N6O4/c1-45-37(44)34(43-23-27-7-5-9-29(21-27)25-47-33-17-13-31(14-18-33)36(40)41)10-2-3-19-42-22-26-6-4-8-28(20-26)24-46-32-15-11-30(12-16-32)35(38)39/h4-9,11-18,20-21,34,42-43H,2-3,10,19,22-25H2,1H3,(H3,38,39)(H3,40,41). The van der Waals surface area contributed by atoms with Gasteiger partial charge in [0.25, 0.3) is 0 Å². The van der Waals surface area contributed by atoms with Gasteiger partial charge >= 0.3 is 5.97 Å². The summed E-state index contributed by atoms with van der Waals surface area (Å²) in [6, 6.07) is 30.2. The molecule has 246 valence electrons. The van der Waals surface area contributed by atoms with E-state index in [-0.39, 0.29) is 17.6 Å². The van der Waals surface area contributed by atoms with Gasteiger partial charge in [0.05, 0.1) is 7.11 Å². The van der Waals surface area contributed by atoms with E-state index < -0.39 is 6.04 Å². The second-order valence-electron chi connectivity index (χ2n) is 11.2. The molecule has 10 nitrogen and oxygen atoms in total. The Bertz CT molecular complexity index is 1610. The molecule has 0 amide bonds. The Morgan fingerprint density at radius 3 is 1.68 bits per heavy atom. The Balaban J connectivity index is 1.15. The van der Waals surface area contributed by atoms with Crippen molar-refractivity contribution >= 4 is 17.6 Å².